The fourth-order valence-electron chi connectivity index (χ4n) is 1.29. The molecule has 1 rings (SSSR count). The van der Waals surface area contributed by atoms with E-state index in [0.29, 0.717) is 10.7 Å². The number of urea groups is 1. The highest BCUT2D eigenvalue weighted by Crippen LogP contribution is 2.24. The molecule has 0 aliphatic heterocycles. The molecule has 1 aromatic carbocycles. The van der Waals surface area contributed by atoms with Gasteiger partial charge >= 0.3 is 12.0 Å². The molecular formula is C11H12Cl2N2O4. The van der Waals surface area contributed by atoms with Crippen molar-refractivity contribution in [3.8, 4) is 0 Å². The molecule has 8 heteroatoms. The molecule has 4 N–H and O–H groups in total. The van der Waals surface area contributed by atoms with Gasteiger partial charge in [-0.2, -0.15) is 0 Å². The van der Waals surface area contributed by atoms with Crippen LogP contribution in [-0.4, -0.2) is 34.9 Å². The zero-order chi connectivity index (χ0) is 14.4. The summed E-state index contributed by atoms with van der Waals surface area (Å²) >= 11 is 11.5. The molecule has 0 radical (unpaired) electrons. The number of carboxylic acids is 1. The maximum Gasteiger partial charge on any atom is 0.326 e. The summed E-state index contributed by atoms with van der Waals surface area (Å²) in [5.74, 6) is -1.22. The fourth-order valence-corrected chi connectivity index (χ4v) is 1.58. The van der Waals surface area contributed by atoms with Crippen LogP contribution in [0.25, 0.3) is 0 Å². The number of hydrogen-bond donors (Lipinski definition) is 4. The van der Waals surface area contributed by atoms with E-state index in [2.05, 4.69) is 10.6 Å². The van der Waals surface area contributed by atoms with Gasteiger partial charge in [0.05, 0.1) is 10.0 Å². The van der Waals surface area contributed by atoms with Gasteiger partial charge in [0, 0.05) is 18.7 Å². The Bertz CT molecular complexity index is 482. The maximum absolute atomic E-state index is 11.6. The number of rotatable bonds is 5. The van der Waals surface area contributed by atoms with Gasteiger partial charge in [-0.05, 0) is 18.2 Å². The normalized spacial score (nSPS) is 11.7. The summed E-state index contributed by atoms with van der Waals surface area (Å²) in [6.07, 6.45) is -0.0792. The number of carboxylic acid groups (broad SMARTS) is 1. The molecule has 6 nitrogen and oxygen atoms in total. The van der Waals surface area contributed by atoms with Gasteiger partial charge in [0.2, 0.25) is 0 Å². The minimum Gasteiger partial charge on any atom is -0.480 e. The highest BCUT2D eigenvalue weighted by molar-refractivity contribution is 6.42. The number of hydrogen-bond acceptors (Lipinski definition) is 3. The van der Waals surface area contributed by atoms with Crippen LogP contribution in [0.15, 0.2) is 18.2 Å². The van der Waals surface area contributed by atoms with Crippen molar-refractivity contribution in [1.82, 2.24) is 5.32 Å². The molecule has 19 heavy (non-hydrogen) atoms. The van der Waals surface area contributed by atoms with Crippen LogP contribution in [-0.2, 0) is 4.79 Å². The molecule has 1 aromatic rings. The van der Waals surface area contributed by atoms with Crippen molar-refractivity contribution in [2.45, 2.75) is 12.5 Å². The summed E-state index contributed by atoms with van der Waals surface area (Å²) in [4.78, 5) is 22.3. The standard InChI is InChI=1S/C11H12Cl2N2O4/c12-7-2-1-6(5-8(7)13)14-11(19)15-9(3-4-16)10(17)18/h1-2,5,9,16H,3-4H2,(H,17,18)(H2,14,15,19)/t9-/m0/s1. The minimum atomic E-state index is -1.22. The molecule has 0 saturated carbocycles. The maximum atomic E-state index is 11.6. The lowest BCUT2D eigenvalue weighted by atomic mass is 10.2. The van der Waals surface area contributed by atoms with Crippen molar-refractivity contribution in [3.05, 3.63) is 28.2 Å². The van der Waals surface area contributed by atoms with Crippen molar-refractivity contribution in [2.24, 2.45) is 0 Å². The van der Waals surface area contributed by atoms with E-state index in [1.807, 2.05) is 0 Å². The molecular weight excluding hydrogens is 295 g/mol. The van der Waals surface area contributed by atoms with Crippen LogP contribution in [0.1, 0.15) is 6.42 Å². The zero-order valence-corrected chi connectivity index (χ0v) is 11.2. The van der Waals surface area contributed by atoms with Gasteiger partial charge in [-0.25, -0.2) is 9.59 Å². The quantitative estimate of drug-likeness (QED) is 0.668. The average Bonchev–Trinajstić information content (AvgIpc) is 2.33. The molecule has 0 aliphatic rings. The van der Waals surface area contributed by atoms with E-state index < -0.39 is 18.0 Å². The molecule has 2 amide bonds. The monoisotopic (exact) mass is 306 g/mol. The summed E-state index contributed by atoms with van der Waals surface area (Å²) in [5.41, 5.74) is 0.375. The number of carbonyl (C=O) groups excluding carboxylic acids is 1. The molecule has 0 unspecified atom stereocenters. The molecule has 0 heterocycles. The summed E-state index contributed by atoms with van der Waals surface area (Å²) in [6, 6.07) is 2.59. The van der Waals surface area contributed by atoms with Gasteiger partial charge < -0.3 is 20.8 Å². The van der Waals surface area contributed by atoms with Crippen LogP contribution in [0.4, 0.5) is 10.5 Å². The Labute approximate surface area is 119 Å². The van der Waals surface area contributed by atoms with Crippen LogP contribution >= 0.6 is 23.2 Å². The Hall–Kier alpha value is -1.50. The smallest absolute Gasteiger partial charge is 0.326 e. The van der Waals surface area contributed by atoms with Crippen molar-refractivity contribution in [2.75, 3.05) is 11.9 Å². The number of anilines is 1. The third kappa shape index (κ3) is 4.94. The number of benzene rings is 1. The molecule has 0 bridgehead atoms. The number of carbonyl (C=O) groups is 2. The zero-order valence-electron chi connectivity index (χ0n) is 9.69. The summed E-state index contributed by atoms with van der Waals surface area (Å²) < 4.78 is 0. The van der Waals surface area contributed by atoms with Gasteiger partial charge in [0.15, 0.2) is 0 Å². The van der Waals surface area contributed by atoms with Crippen LogP contribution in [0.2, 0.25) is 10.0 Å². The van der Waals surface area contributed by atoms with Crippen LogP contribution < -0.4 is 10.6 Å². The Morgan fingerprint density at radius 2 is 1.95 bits per heavy atom. The second-order valence-corrected chi connectivity index (χ2v) is 4.44. The second-order valence-electron chi connectivity index (χ2n) is 3.63. The predicted molar refractivity (Wildman–Crippen MR) is 71.7 cm³/mol. The Balaban J connectivity index is 2.63. The van der Waals surface area contributed by atoms with E-state index in [1.165, 1.54) is 18.2 Å². The van der Waals surface area contributed by atoms with E-state index in [4.69, 9.17) is 33.4 Å². The Morgan fingerprint density at radius 3 is 2.47 bits per heavy atom. The van der Waals surface area contributed by atoms with E-state index in [0.717, 1.165) is 0 Å². The predicted octanol–water partition coefficient (Wildman–Crippen LogP) is 1.95. The summed E-state index contributed by atoms with van der Waals surface area (Å²) in [6.45, 7) is -0.343. The van der Waals surface area contributed by atoms with E-state index in [9.17, 15) is 9.59 Å². The van der Waals surface area contributed by atoms with Crippen molar-refractivity contribution in [1.29, 1.82) is 0 Å². The first kappa shape index (κ1) is 15.6. The number of halogens is 2. The van der Waals surface area contributed by atoms with E-state index >= 15 is 0 Å². The Morgan fingerprint density at radius 1 is 1.26 bits per heavy atom. The number of aliphatic carboxylic acids is 1. The van der Waals surface area contributed by atoms with Gasteiger partial charge in [-0.1, -0.05) is 23.2 Å². The Kier molecular flexibility index (Phi) is 5.88. The van der Waals surface area contributed by atoms with Crippen LogP contribution in [0.3, 0.4) is 0 Å². The van der Waals surface area contributed by atoms with E-state index in [-0.39, 0.29) is 18.1 Å². The first-order chi connectivity index (χ1) is 8.93. The first-order valence-corrected chi connectivity index (χ1v) is 6.06. The summed E-state index contributed by atoms with van der Waals surface area (Å²) in [7, 11) is 0. The largest absolute Gasteiger partial charge is 0.480 e. The highest BCUT2D eigenvalue weighted by Gasteiger charge is 2.19. The lowest BCUT2D eigenvalue weighted by Crippen LogP contribution is -2.43. The number of aliphatic hydroxyl groups excluding tert-OH is 1. The molecule has 0 fully saturated rings. The van der Waals surface area contributed by atoms with Gasteiger partial charge in [0.25, 0.3) is 0 Å². The average molecular weight is 307 g/mol. The van der Waals surface area contributed by atoms with Crippen molar-refractivity contribution >= 4 is 40.9 Å². The van der Waals surface area contributed by atoms with Crippen LogP contribution in [0.5, 0.6) is 0 Å². The number of amides is 2. The second kappa shape index (κ2) is 7.18. The third-order valence-corrected chi connectivity index (χ3v) is 2.94. The van der Waals surface area contributed by atoms with E-state index in [1.54, 1.807) is 0 Å². The molecule has 0 aliphatic carbocycles. The lowest BCUT2D eigenvalue weighted by molar-refractivity contribution is -0.139. The SMILES string of the molecule is O=C(Nc1ccc(Cl)c(Cl)c1)N[C@@H](CCO)C(=O)O. The minimum absolute atomic E-state index is 0.0792. The fraction of sp³-hybridized carbons (Fsp3) is 0.273. The lowest BCUT2D eigenvalue weighted by Gasteiger charge is -2.14. The van der Waals surface area contributed by atoms with Gasteiger partial charge in [-0.3, -0.25) is 0 Å². The molecule has 0 spiro atoms. The number of aliphatic hydroxyl groups is 1. The van der Waals surface area contributed by atoms with Crippen LogP contribution in [0, 0.1) is 0 Å². The van der Waals surface area contributed by atoms with Crippen molar-refractivity contribution < 1.29 is 19.8 Å². The topological polar surface area (TPSA) is 98.7 Å². The molecule has 104 valence electrons. The van der Waals surface area contributed by atoms with Crippen molar-refractivity contribution in [3.63, 3.8) is 0 Å². The molecule has 0 saturated heterocycles. The number of nitrogens with one attached hydrogen (secondary N) is 2. The molecule has 1 atom stereocenters. The first-order valence-electron chi connectivity index (χ1n) is 5.30. The summed E-state index contributed by atoms with van der Waals surface area (Å²) in [5, 5.41) is 22.7. The van der Waals surface area contributed by atoms with Gasteiger partial charge in [0.1, 0.15) is 6.04 Å². The molecule has 0 aromatic heterocycles. The highest BCUT2D eigenvalue weighted by atomic mass is 35.5. The third-order valence-electron chi connectivity index (χ3n) is 2.20. The van der Waals surface area contributed by atoms with Gasteiger partial charge in [-0.15, -0.1) is 0 Å².